The van der Waals surface area contributed by atoms with Crippen LogP contribution in [0.5, 0.6) is 0 Å². The summed E-state index contributed by atoms with van der Waals surface area (Å²) in [6, 6.07) is 0. The Bertz CT molecular complexity index is 120. The first-order valence-electron chi connectivity index (χ1n) is 4.59. The van der Waals surface area contributed by atoms with Crippen LogP contribution in [0.4, 0.5) is 0 Å². The summed E-state index contributed by atoms with van der Waals surface area (Å²) < 4.78 is 0. The second kappa shape index (κ2) is 3.11. The van der Waals surface area contributed by atoms with E-state index in [2.05, 4.69) is 13.8 Å². The third-order valence-electron chi connectivity index (χ3n) is 2.90. The standard InChI is InChI=1S/C9H20N2/c1-7(2)8-3-5-9(10,11)6-4-8/h7-8H,3-6,10-11H2,1-2H3. The van der Waals surface area contributed by atoms with Crippen LogP contribution >= 0.6 is 0 Å². The molecule has 0 unspecified atom stereocenters. The Hall–Kier alpha value is -0.0800. The molecule has 0 atom stereocenters. The molecular formula is C9H20N2. The lowest BCUT2D eigenvalue weighted by atomic mass is 9.77. The molecule has 4 N–H and O–H groups in total. The van der Waals surface area contributed by atoms with Gasteiger partial charge in [-0.1, -0.05) is 13.8 Å². The molecule has 0 aromatic heterocycles. The molecule has 0 aromatic carbocycles. The topological polar surface area (TPSA) is 52.0 Å². The van der Waals surface area contributed by atoms with Crippen LogP contribution < -0.4 is 11.5 Å². The van der Waals surface area contributed by atoms with Gasteiger partial charge in [-0.15, -0.1) is 0 Å². The predicted molar refractivity (Wildman–Crippen MR) is 47.9 cm³/mol. The molecule has 1 aliphatic rings. The van der Waals surface area contributed by atoms with E-state index in [1.165, 1.54) is 12.8 Å². The highest BCUT2D eigenvalue weighted by Gasteiger charge is 2.28. The Morgan fingerprint density at radius 1 is 1.18 bits per heavy atom. The average Bonchev–Trinajstić information content (AvgIpc) is 1.86. The first kappa shape index (κ1) is 9.01. The lowest BCUT2D eigenvalue weighted by Crippen LogP contribution is -2.52. The highest BCUT2D eigenvalue weighted by Crippen LogP contribution is 2.31. The predicted octanol–water partition coefficient (Wildman–Crippen LogP) is 1.45. The minimum atomic E-state index is -0.356. The van der Waals surface area contributed by atoms with Crippen molar-refractivity contribution < 1.29 is 0 Å². The van der Waals surface area contributed by atoms with Crippen molar-refractivity contribution in [2.24, 2.45) is 23.3 Å². The molecule has 66 valence electrons. The largest absolute Gasteiger partial charge is 0.313 e. The van der Waals surface area contributed by atoms with Crippen molar-refractivity contribution >= 4 is 0 Å². The van der Waals surface area contributed by atoms with Crippen molar-refractivity contribution in [2.75, 3.05) is 0 Å². The molecule has 11 heavy (non-hydrogen) atoms. The van der Waals surface area contributed by atoms with Gasteiger partial charge in [0.05, 0.1) is 5.66 Å². The molecule has 0 radical (unpaired) electrons. The summed E-state index contributed by atoms with van der Waals surface area (Å²) in [4.78, 5) is 0. The van der Waals surface area contributed by atoms with Crippen molar-refractivity contribution in [3.05, 3.63) is 0 Å². The molecule has 1 saturated carbocycles. The van der Waals surface area contributed by atoms with Gasteiger partial charge in [-0.2, -0.15) is 0 Å². The molecule has 1 rings (SSSR count). The lowest BCUT2D eigenvalue weighted by Gasteiger charge is -2.35. The molecule has 0 heterocycles. The van der Waals surface area contributed by atoms with E-state index in [4.69, 9.17) is 11.5 Å². The summed E-state index contributed by atoms with van der Waals surface area (Å²) in [6.45, 7) is 4.56. The maximum Gasteiger partial charge on any atom is 0.0636 e. The molecule has 1 fully saturated rings. The van der Waals surface area contributed by atoms with Crippen molar-refractivity contribution in [3.8, 4) is 0 Å². The van der Waals surface area contributed by atoms with Gasteiger partial charge in [-0.05, 0) is 37.5 Å². The zero-order valence-electron chi connectivity index (χ0n) is 7.64. The Kier molecular flexibility index (Phi) is 2.55. The fourth-order valence-corrected chi connectivity index (χ4v) is 1.84. The highest BCUT2D eigenvalue weighted by atomic mass is 15.0. The monoisotopic (exact) mass is 156 g/mol. The minimum Gasteiger partial charge on any atom is -0.313 e. The summed E-state index contributed by atoms with van der Waals surface area (Å²) in [7, 11) is 0. The fourth-order valence-electron chi connectivity index (χ4n) is 1.84. The summed E-state index contributed by atoms with van der Waals surface area (Å²) in [5, 5.41) is 0. The van der Waals surface area contributed by atoms with E-state index < -0.39 is 0 Å². The maximum absolute atomic E-state index is 5.82. The van der Waals surface area contributed by atoms with Gasteiger partial charge in [-0.25, -0.2) is 0 Å². The molecule has 0 saturated heterocycles. The lowest BCUT2D eigenvalue weighted by molar-refractivity contribution is 0.200. The van der Waals surface area contributed by atoms with E-state index in [0.29, 0.717) is 0 Å². The maximum atomic E-state index is 5.82. The third kappa shape index (κ3) is 2.46. The van der Waals surface area contributed by atoms with Crippen molar-refractivity contribution in [3.63, 3.8) is 0 Å². The van der Waals surface area contributed by atoms with Crippen LogP contribution in [0, 0.1) is 11.8 Å². The summed E-state index contributed by atoms with van der Waals surface area (Å²) in [5.41, 5.74) is 11.3. The van der Waals surface area contributed by atoms with Gasteiger partial charge in [0, 0.05) is 0 Å². The molecule has 2 nitrogen and oxygen atoms in total. The van der Waals surface area contributed by atoms with E-state index in [0.717, 1.165) is 24.7 Å². The fraction of sp³-hybridized carbons (Fsp3) is 1.00. The third-order valence-corrected chi connectivity index (χ3v) is 2.90. The highest BCUT2D eigenvalue weighted by molar-refractivity contribution is 4.84. The van der Waals surface area contributed by atoms with Crippen LogP contribution in [0.1, 0.15) is 39.5 Å². The van der Waals surface area contributed by atoms with Crippen LogP contribution in [0.15, 0.2) is 0 Å². The van der Waals surface area contributed by atoms with E-state index in [9.17, 15) is 0 Å². The Balaban J connectivity index is 2.36. The van der Waals surface area contributed by atoms with Gasteiger partial charge in [0.2, 0.25) is 0 Å². The Labute approximate surface area is 69.3 Å². The quantitative estimate of drug-likeness (QED) is 0.564. The van der Waals surface area contributed by atoms with Crippen molar-refractivity contribution in [2.45, 2.75) is 45.2 Å². The Morgan fingerprint density at radius 2 is 1.64 bits per heavy atom. The van der Waals surface area contributed by atoms with Crippen LogP contribution in [0.2, 0.25) is 0 Å². The Morgan fingerprint density at radius 3 is 2.00 bits per heavy atom. The summed E-state index contributed by atoms with van der Waals surface area (Å²) in [5.74, 6) is 1.65. The summed E-state index contributed by atoms with van der Waals surface area (Å²) >= 11 is 0. The number of hydrogen-bond donors (Lipinski definition) is 2. The number of nitrogens with two attached hydrogens (primary N) is 2. The minimum absolute atomic E-state index is 0.356. The molecule has 1 aliphatic carbocycles. The molecule has 0 aliphatic heterocycles. The van der Waals surface area contributed by atoms with Crippen molar-refractivity contribution in [1.29, 1.82) is 0 Å². The van der Waals surface area contributed by atoms with Crippen LogP contribution in [0.25, 0.3) is 0 Å². The molecule has 0 spiro atoms. The molecular weight excluding hydrogens is 136 g/mol. The van der Waals surface area contributed by atoms with Gasteiger partial charge < -0.3 is 11.5 Å². The SMILES string of the molecule is CC(C)C1CCC(N)(N)CC1. The van der Waals surface area contributed by atoms with Crippen LogP contribution in [-0.2, 0) is 0 Å². The van der Waals surface area contributed by atoms with E-state index in [-0.39, 0.29) is 5.66 Å². The van der Waals surface area contributed by atoms with E-state index in [1.807, 2.05) is 0 Å². The zero-order chi connectivity index (χ0) is 8.48. The molecule has 2 heteroatoms. The van der Waals surface area contributed by atoms with E-state index in [1.54, 1.807) is 0 Å². The van der Waals surface area contributed by atoms with Crippen molar-refractivity contribution in [1.82, 2.24) is 0 Å². The molecule has 0 bridgehead atoms. The van der Waals surface area contributed by atoms with Crippen LogP contribution in [0.3, 0.4) is 0 Å². The van der Waals surface area contributed by atoms with E-state index >= 15 is 0 Å². The first-order chi connectivity index (χ1) is 5.01. The number of hydrogen-bond acceptors (Lipinski definition) is 2. The summed E-state index contributed by atoms with van der Waals surface area (Å²) in [6.07, 6.45) is 4.42. The first-order valence-corrected chi connectivity index (χ1v) is 4.59. The average molecular weight is 156 g/mol. The smallest absolute Gasteiger partial charge is 0.0636 e. The van der Waals surface area contributed by atoms with Gasteiger partial charge in [0.25, 0.3) is 0 Å². The normalized spacial score (nSPS) is 25.9. The molecule has 0 aromatic rings. The van der Waals surface area contributed by atoms with Crippen LogP contribution in [-0.4, -0.2) is 5.66 Å². The second-order valence-electron chi connectivity index (χ2n) is 4.31. The second-order valence-corrected chi connectivity index (χ2v) is 4.31. The van der Waals surface area contributed by atoms with Gasteiger partial charge in [0.15, 0.2) is 0 Å². The van der Waals surface area contributed by atoms with Gasteiger partial charge in [0.1, 0.15) is 0 Å². The number of rotatable bonds is 1. The van der Waals surface area contributed by atoms with Gasteiger partial charge >= 0.3 is 0 Å². The molecule has 0 amide bonds. The zero-order valence-corrected chi connectivity index (χ0v) is 7.64. The van der Waals surface area contributed by atoms with Gasteiger partial charge in [-0.3, -0.25) is 0 Å².